The maximum Gasteiger partial charge on any atom is 0.330 e. The Morgan fingerprint density at radius 1 is 1.15 bits per heavy atom. The van der Waals surface area contributed by atoms with Crippen LogP contribution in [0.25, 0.3) is 0 Å². The molecule has 144 valence electrons. The quantitative estimate of drug-likeness (QED) is 0.660. The lowest BCUT2D eigenvalue weighted by molar-refractivity contribution is -0.258. The van der Waals surface area contributed by atoms with Crippen LogP contribution in [0.4, 0.5) is 0 Å². The molecular weight excluding hydrogens is 344 g/mol. The van der Waals surface area contributed by atoms with Crippen molar-refractivity contribution in [3.05, 3.63) is 32.6 Å². The molecule has 2 aliphatic heterocycles. The predicted molar refractivity (Wildman–Crippen MR) is 88.6 cm³/mol. The summed E-state index contributed by atoms with van der Waals surface area (Å²) < 4.78 is 19.6. The first-order chi connectivity index (χ1) is 12.4. The fraction of sp³-hybridized carbons (Fsp3) is 0.765. The van der Waals surface area contributed by atoms with Gasteiger partial charge in [0.1, 0.15) is 17.8 Å². The number of nitrogens with zero attached hydrogens (tertiary/aromatic N) is 1. The molecule has 9 nitrogen and oxygen atoms in total. The van der Waals surface area contributed by atoms with E-state index in [0.29, 0.717) is 5.56 Å². The van der Waals surface area contributed by atoms with Crippen LogP contribution in [0.2, 0.25) is 0 Å². The standard InChI is InChI=1S/C17H24N2O7/c1-10-7-19(15(23)18-13(10)22)14-11-12(16(8-20,9-21)26-14)25-17(24-11)5-3-2-4-6-17/h7,11-12,14,20-21H,2-6,8-9H2,1H3,(H,18,22,23). The van der Waals surface area contributed by atoms with Crippen LogP contribution in [0.5, 0.6) is 0 Å². The molecule has 1 spiro atoms. The summed E-state index contributed by atoms with van der Waals surface area (Å²) in [7, 11) is 0. The van der Waals surface area contributed by atoms with E-state index in [0.717, 1.165) is 32.1 Å². The molecule has 0 radical (unpaired) electrons. The Labute approximate surface area is 149 Å². The lowest BCUT2D eigenvalue weighted by Gasteiger charge is -2.36. The topological polar surface area (TPSA) is 123 Å². The maximum atomic E-state index is 12.3. The minimum absolute atomic E-state index is 0.349. The van der Waals surface area contributed by atoms with Crippen molar-refractivity contribution in [3.63, 3.8) is 0 Å². The van der Waals surface area contributed by atoms with Gasteiger partial charge in [0.2, 0.25) is 0 Å². The Morgan fingerprint density at radius 2 is 1.85 bits per heavy atom. The number of ether oxygens (including phenoxy) is 3. The third kappa shape index (κ3) is 2.57. The van der Waals surface area contributed by atoms with Crippen molar-refractivity contribution in [2.45, 2.75) is 68.9 Å². The van der Waals surface area contributed by atoms with E-state index >= 15 is 0 Å². The van der Waals surface area contributed by atoms with Crippen molar-refractivity contribution in [3.8, 4) is 0 Å². The third-order valence-electron chi connectivity index (χ3n) is 5.72. The third-order valence-corrected chi connectivity index (χ3v) is 5.72. The average Bonchev–Trinajstić information content (AvgIpc) is 3.13. The molecule has 3 heterocycles. The first kappa shape index (κ1) is 17.9. The number of aliphatic hydroxyl groups is 2. The Balaban J connectivity index is 1.76. The molecule has 26 heavy (non-hydrogen) atoms. The Bertz CT molecular complexity index is 791. The Morgan fingerprint density at radius 3 is 2.50 bits per heavy atom. The molecule has 3 atom stereocenters. The minimum Gasteiger partial charge on any atom is -0.393 e. The molecule has 3 fully saturated rings. The number of nitrogens with one attached hydrogen (secondary N) is 1. The van der Waals surface area contributed by atoms with Gasteiger partial charge in [-0.3, -0.25) is 14.3 Å². The number of rotatable bonds is 3. The van der Waals surface area contributed by atoms with E-state index in [9.17, 15) is 19.8 Å². The van der Waals surface area contributed by atoms with E-state index in [1.54, 1.807) is 6.92 Å². The number of hydrogen-bond donors (Lipinski definition) is 3. The van der Waals surface area contributed by atoms with Gasteiger partial charge in [-0.25, -0.2) is 4.79 Å². The first-order valence-electron chi connectivity index (χ1n) is 9.01. The van der Waals surface area contributed by atoms with Crippen LogP contribution < -0.4 is 11.2 Å². The number of fused-ring (bicyclic) bond motifs is 1. The summed E-state index contributed by atoms with van der Waals surface area (Å²) in [5.41, 5.74) is -2.13. The van der Waals surface area contributed by atoms with Gasteiger partial charge in [0, 0.05) is 24.6 Å². The molecule has 1 saturated carbocycles. The molecule has 1 aromatic rings. The Kier molecular flexibility index (Phi) is 4.31. The SMILES string of the molecule is Cc1cn(C2OC(CO)(CO)C3OC4(CCCCC4)OC23)c(=O)[nH]c1=O. The zero-order valence-corrected chi connectivity index (χ0v) is 14.6. The van der Waals surface area contributed by atoms with Crippen molar-refractivity contribution >= 4 is 0 Å². The van der Waals surface area contributed by atoms with Gasteiger partial charge in [0.15, 0.2) is 12.0 Å². The number of aryl methyl sites for hydroxylation is 1. The van der Waals surface area contributed by atoms with Crippen molar-refractivity contribution in [1.82, 2.24) is 9.55 Å². The lowest BCUT2D eigenvalue weighted by atomic mass is 9.94. The van der Waals surface area contributed by atoms with E-state index in [-0.39, 0.29) is 0 Å². The largest absolute Gasteiger partial charge is 0.393 e. The summed E-state index contributed by atoms with van der Waals surface area (Å²) in [4.78, 5) is 26.2. The summed E-state index contributed by atoms with van der Waals surface area (Å²) in [5.74, 6) is -0.772. The van der Waals surface area contributed by atoms with Crippen LogP contribution in [-0.4, -0.2) is 56.6 Å². The summed E-state index contributed by atoms with van der Waals surface area (Å²) in [6.45, 7) is 0.635. The fourth-order valence-electron chi connectivity index (χ4n) is 4.25. The van der Waals surface area contributed by atoms with E-state index in [2.05, 4.69) is 4.98 Å². The monoisotopic (exact) mass is 368 g/mol. The summed E-state index contributed by atoms with van der Waals surface area (Å²) in [6, 6.07) is 0. The maximum absolute atomic E-state index is 12.3. The fourth-order valence-corrected chi connectivity index (χ4v) is 4.25. The van der Waals surface area contributed by atoms with E-state index in [1.807, 2.05) is 0 Å². The second-order valence-corrected chi connectivity index (χ2v) is 7.46. The molecule has 2 saturated heterocycles. The molecule has 3 unspecified atom stereocenters. The lowest BCUT2D eigenvalue weighted by Crippen LogP contribution is -2.50. The number of hydrogen-bond acceptors (Lipinski definition) is 7. The highest BCUT2D eigenvalue weighted by molar-refractivity contribution is 5.09. The van der Waals surface area contributed by atoms with E-state index in [4.69, 9.17) is 14.2 Å². The number of aromatic amines is 1. The second kappa shape index (κ2) is 6.28. The molecule has 1 aliphatic carbocycles. The molecule has 3 aliphatic rings. The number of aromatic nitrogens is 2. The average molecular weight is 368 g/mol. The number of H-pyrrole nitrogens is 1. The molecule has 4 rings (SSSR count). The molecule has 0 bridgehead atoms. The molecule has 3 N–H and O–H groups in total. The van der Waals surface area contributed by atoms with Crippen molar-refractivity contribution in [2.75, 3.05) is 13.2 Å². The van der Waals surface area contributed by atoms with Gasteiger partial charge in [-0.2, -0.15) is 0 Å². The smallest absolute Gasteiger partial charge is 0.330 e. The van der Waals surface area contributed by atoms with Gasteiger partial charge >= 0.3 is 5.69 Å². The highest BCUT2D eigenvalue weighted by atomic mass is 16.8. The highest BCUT2D eigenvalue weighted by Gasteiger charge is 2.65. The van der Waals surface area contributed by atoms with Gasteiger partial charge < -0.3 is 24.4 Å². The molecular formula is C17H24N2O7. The van der Waals surface area contributed by atoms with Crippen LogP contribution in [0.1, 0.15) is 43.9 Å². The number of aliphatic hydroxyl groups excluding tert-OH is 2. The van der Waals surface area contributed by atoms with Crippen LogP contribution in [0.15, 0.2) is 15.8 Å². The van der Waals surface area contributed by atoms with E-state index < -0.39 is 54.3 Å². The zero-order chi connectivity index (χ0) is 18.5. The van der Waals surface area contributed by atoms with Gasteiger partial charge in [0.25, 0.3) is 5.56 Å². The van der Waals surface area contributed by atoms with Gasteiger partial charge in [0.05, 0.1) is 13.2 Å². The molecule has 9 heteroatoms. The van der Waals surface area contributed by atoms with Gasteiger partial charge in [-0.15, -0.1) is 0 Å². The van der Waals surface area contributed by atoms with Crippen LogP contribution in [-0.2, 0) is 14.2 Å². The van der Waals surface area contributed by atoms with Crippen molar-refractivity contribution < 1.29 is 24.4 Å². The van der Waals surface area contributed by atoms with E-state index in [1.165, 1.54) is 10.8 Å². The van der Waals surface area contributed by atoms with Crippen LogP contribution >= 0.6 is 0 Å². The highest BCUT2D eigenvalue weighted by Crippen LogP contribution is 2.51. The first-order valence-corrected chi connectivity index (χ1v) is 9.01. The van der Waals surface area contributed by atoms with Crippen molar-refractivity contribution in [1.29, 1.82) is 0 Å². The van der Waals surface area contributed by atoms with Crippen LogP contribution in [0.3, 0.4) is 0 Å². The zero-order valence-electron chi connectivity index (χ0n) is 14.6. The normalized spacial score (nSPS) is 32.0. The molecule has 1 aromatic heterocycles. The summed E-state index contributed by atoms with van der Waals surface area (Å²) >= 11 is 0. The predicted octanol–water partition coefficient (Wildman–Crippen LogP) is -0.458. The Hall–Kier alpha value is -1.52. The molecule has 0 aromatic carbocycles. The van der Waals surface area contributed by atoms with Gasteiger partial charge in [-0.05, 0) is 19.8 Å². The van der Waals surface area contributed by atoms with Crippen LogP contribution in [0, 0.1) is 6.92 Å². The summed E-state index contributed by atoms with van der Waals surface area (Å²) in [5, 5.41) is 19.8. The summed E-state index contributed by atoms with van der Waals surface area (Å²) in [6.07, 6.45) is 3.59. The molecule has 0 amide bonds. The van der Waals surface area contributed by atoms with Gasteiger partial charge in [-0.1, -0.05) is 6.42 Å². The second-order valence-electron chi connectivity index (χ2n) is 7.46. The minimum atomic E-state index is -1.38. The van der Waals surface area contributed by atoms with Crippen molar-refractivity contribution in [2.24, 2.45) is 0 Å².